The molecule has 1 unspecified atom stereocenters. The molecule has 1 aliphatic heterocycles. The fourth-order valence-corrected chi connectivity index (χ4v) is 2.16. The van der Waals surface area contributed by atoms with Gasteiger partial charge >= 0.3 is 0 Å². The van der Waals surface area contributed by atoms with Gasteiger partial charge in [-0.25, -0.2) is 4.98 Å². The zero-order chi connectivity index (χ0) is 13.8. The number of carbonyl (C=O) groups is 2. The highest BCUT2D eigenvalue weighted by Gasteiger charge is 2.24. The van der Waals surface area contributed by atoms with E-state index in [0.29, 0.717) is 29.4 Å². The van der Waals surface area contributed by atoms with Crippen molar-refractivity contribution in [2.75, 3.05) is 18.9 Å². The Morgan fingerprint density at radius 2 is 2.37 bits per heavy atom. The third-order valence-electron chi connectivity index (χ3n) is 2.93. The molecule has 0 radical (unpaired) electrons. The van der Waals surface area contributed by atoms with Gasteiger partial charge in [-0.2, -0.15) is 0 Å². The van der Waals surface area contributed by atoms with E-state index in [0.717, 1.165) is 6.42 Å². The Balaban J connectivity index is 2.07. The second-order valence-corrected chi connectivity index (χ2v) is 4.67. The predicted octanol–water partition coefficient (Wildman–Crippen LogP) is 0.785. The third-order valence-corrected chi connectivity index (χ3v) is 3.22. The molecule has 1 aliphatic rings. The van der Waals surface area contributed by atoms with Gasteiger partial charge in [-0.3, -0.25) is 9.59 Å². The first kappa shape index (κ1) is 13.6. The number of hydrogen-bond donors (Lipinski definition) is 3. The minimum absolute atomic E-state index is 0.148. The van der Waals surface area contributed by atoms with Gasteiger partial charge in [0.1, 0.15) is 11.9 Å². The van der Waals surface area contributed by atoms with E-state index in [1.807, 2.05) is 0 Å². The number of amides is 2. The molecule has 7 heteroatoms. The zero-order valence-corrected chi connectivity index (χ0v) is 11.3. The molecule has 0 aliphatic carbocycles. The summed E-state index contributed by atoms with van der Waals surface area (Å²) < 4.78 is 0. The molecule has 3 N–H and O–H groups in total. The van der Waals surface area contributed by atoms with Crippen LogP contribution in [0.4, 0.5) is 5.82 Å². The molecule has 2 heterocycles. The topological polar surface area (TPSA) is 83.1 Å². The lowest BCUT2D eigenvalue weighted by Gasteiger charge is -2.22. The van der Waals surface area contributed by atoms with Gasteiger partial charge in [0.05, 0.1) is 10.6 Å². The maximum absolute atomic E-state index is 12.0. The van der Waals surface area contributed by atoms with Crippen LogP contribution in [-0.2, 0) is 4.79 Å². The maximum Gasteiger partial charge on any atom is 0.253 e. The molecule has 0 aromatic carbocycles. The van der Waals surface area contributed by atoms with Crippen LogP contribution < -0.4 is 16.0 Å². The van der Waals surface area contributed by atoms with Crippen molar-refractivity contribution in [1.29, 1.82) is 0 Å². The summed E-state index contributed by atoms with van der Waals surface area (Å²) >= 11 is 5.96. The number of hydrogen-bond acceptors (Lipinski definition) is 4. The summed E-state index contributed by atoms with van der Waals surface area (Å²) in [6.45, 7) is 0.662. The van der Waals surface area contributed by atoms with Crippen LogP contribution in [0.15, 0.2) is 12.3 Å². The largest absolute Gasteiger partial charge is 0.372 e. The summed E-state index contributed by atoms with van der Waals surface area (Å²) in [6.07, 6.45) is 2.93. The Morgan fingerprint density at radius 3 is 3.00 bits per heavy atom. The van der Waals surface area contributed by atoms with Crippen molar-refractivity contribution in [3.05, 3.63) is 22.8 Å². The highest BCUT2D eigenvalue weighted by atomic mass is 35.5. The monoisotopic (exact) mass is 282 g/mol. The quantitative estimate of drug-likeness (QED) is 0.765. The molecule has 0 spiro atoms. The lowest BCUT2D eigenvalue weighted by atomic mass is 10.1. The average Bonchev–Trinajstić information content (AvgIpc) is 2.41. The number of pyridine rings is 1. The Kier molecular flexibility index (Phi) is 4.21. The second-order valence-electron chi connectivity index (χ2n) is 4.26. The van der Waals surface area contributed by atoms with Gasteiger partial charge in [-0.05, 0) is 18.9 Å². The molecular formula is C12H15ClN4O2. The predicted molar refractivity (Wildman–Crippen MR) is 72.3 cm³/mol. The second kappa shape index (κ2) is 5.88. The van der Waals surface area contributed by atoms with Crippen LogP contribution in [-0.4, -0.2) is 36.4 Å². The molecule has 19 heavy (non-hydrogen) atoms. The van der Waals surface area contributed by atoms with Gasteiger partial charge in [0, 0.05) is 19.8 Å². The van der Waals surface area contributed by atoms with Crippen LogP contribution in [0.1, 0.15) is 23.2 Å². The van der Waals surface area contributed by atoms with Crippen molar-refractivity contribution in [2.45, 2.75) is 18.9 Å². The highest BCUT2D eigenvalue weighted by Crippen LogP contribution is 2.19. The molecule has 1 atom stereocenters. The van der Waals surface area contributed by atoms with Crippen LogP contribution in [0.5, 0.6) is 0 Å². The summed E-state index contributed by atoms with van der Waals surface area (Å²) in [5.41, 5.74) is 0.336. The molecule has 0 saturated carbocycles. The minimum atomic E-state index is -0.482. The van der Waals surface area contributed by atoms with Crippen LogP contribution >= 0.6 is 11.6 Å². The number of nitrogens with one attached hydrogen (secondary N) is 3. The fourth-order valence-electron chi connectivity index (χ4n) is 1.90. The standard InChI is InChI=1S/C12H15ClN4O2/c1-14-10-8(13)5-7(6-16-10)11(18)17-9-3-2-4-15-12(9)19/h5-6,9H,2-4H2,1H3,(H,14,16)(H,15,19)(H,17,18). The van der Waals surface area contributed by atoms with Crippen LogP contribution in [0.3, 0.4) is 0 Å². The number of halogens is 1. The number of piperidine rings is 1. The first-order chi connectivity index (χ1) is 9.11. The Labute approximate surface area is 115 Å². The number of rotatable bonds is 3. The summed E-state index contributed by atoms with van der Waals surface area (Å²) in [6, 6.07) is 1.04. The van der Waals surface area contributed by atoms with E-state index in [2.05, 4.69) is 20.9 Å². The minimum Gasteiger partial charge on any atom is -0.372 e. The third kappa shape index (κ3) is 3.14. The van der Waals surface area contributed by atoms with Gasteiger partial charge < -0.3 is 16.0 Å². The lowest BCUT2D eigenvalue weighted by molar-refractivity contribution is -0.124. The van der Waals surface area contributed by atoms with Gasteiger partial charge in [-0.15, -0.1) is 0 Å². The van der Waals surface area contributed by atoms with Gasteiger partial charge in [-0.1, -0.05) is 11.6 Å². The number of carbonyl (C=O) groups excluding carboxylic acids is 2. The van der Waals surface area contributed by atoms with Crippen LogP contribution in [0.25, 0.3) is 0 Å². The van der Waals surface area contributed by atoms with E-state index in [1.165, 1.54) is 12.3 Å². The molecular weight excluding hydrogens is 268 g/mol. The number of anilines is 1. The van der Waals surface area contributed by atoms with Crippen molar-refractivity contribution < 1.29 is 9.59 Å². The Morgan fingerprint density at radius 1 is 1.58 bits per heavy atom. The molecule has 1 aromatic rings. The molecule has 2 rings (SSSR count). The lowest BCUT2D eigenvalue weighted by Crippen LogP contribution is -2.50. The van der Waals surface area contributed by atoms with Crippen molar-refractivity contribution >= 4 is 29.2 Å². The smallest absolute Gasteiger partial charge is 0.253 e. The van der Waals surface area contributed by atoms with Crippen LogP contribution in [0, 0.1) is 0 Å². The van der Waals surface area contributed by atoms with Crippen LogP contribution in [0.2, 0.25) is 5.02 Å². The first-order valence-corrected chi connectivity index (χ1v) is 6.41. The van der Waals surface area contributed by atoms with Gasteiger partial charge in [0.2, 0.25) is 5.91 Å². The highest BCUT2D eigenvalue weighted by molar-refractivity contribution is 6.33. The van der Waals surface area contributed by atoms with E-state index >= 15 is 0 Å². The van der Waals surface area contributed by atoms with E-state index in [-0.39, 0.29) is 11.8 Å². The summed E-state index contributed by atoms with van der Waals surface area (Å²) in [5.74, 6) is 0.0123. The number of nitrogens with zero attached hydrogens (tertiary/aromatic N) is 1. The van der Waals surface area contributed by atoms with Crippen molar-refractivity contribution in [1.82, 2.24) is 15.6 Å². The Bertz CT molecular complexity index is 507. The van der Waals surface area contributed by atoms with Crippen molar-refractivity contribution in [3.63, 3.8) is 0 Å². The molecule has 2 amide bonds. The molecule has 102 valence electrons. The van der Waals surface area contributed by atoms with E-state index in [4.69, 9.17) is 11.6 Å². The van der Waals surface area contributed by atoms with Gasteiger partial charge in [0.15, 0.2) is 0 Å². The molecule has 1 aromatic heterocycles. The molecule has 0 bridgehead atoms. The molecule has 1 fully saturated rings. The summed E-state index contributed by atoms with van der Waals surface area (Å²) in [7, 11) is 1.69. The van der Waals surface area contributed by atoms with E-state index < -0.39 is 6.04 Å². The van der Waals surface area contributed by atoms with E-state index in [9.17, 15) is 9.59 Å². The SMILES string of the molecule is CNc1ncc(C(=O)NC2CCCNC2=O)cc1Cl. The maximum atomic E-state index is 12.0. The van der Waals surface area contributed by atoms with Crippen molar-refractivity contribution in [2.24, 2.45) is 0 Å². The normalized spacial score (nSPS) is 18.6. The number of aromatic nitrogens is 1. The van der Waals surface area contributed by atoms with Crippen molar-refractivity contribution in [3.8, 4) is 0 Å². The molecule has 6 nitrogen and oxygen atoms in total. The summed E-state index contributed by atoms with van der Waals surface area (Å²) in [4.78, 5) is 27.6. The summed E-state index contributed by atoms with van der Waals surface area (Å²) in [5, 5.41) is 8.57. The van der Waals surface area contributed by atoms with E-state index in [1.54, 1.807) is 7.05 Å². The fraction of sp³-hybridized carbons (Fsp3) is 0.417. The molecule has 1 saturated heterocycles. The zero-order valence-electron chi connectivity index (χ0n) is 10.5. The van der Waals surface area contributed by atoms with Gasteiger partial charge in [0.25, 0.3) is 5.91 Å². The Hall–Kier alpha value is -1.82. The first-order valence-electron chi connectivity index (χ1n) is 6.03. The average molecular weight is 283 g/mol.